The predicted octanol–water partition coefficient (Wildman–Crippen LogP) is 4.20. The fourth-order valence-corrected chi connectivity index (χ4v) is 2.39. The lowest BCUT2D eigenvalue weighted by molar-refractivity contribution is 0.405. The monoisotopic (exact) mass is 353 g/mol. The van der Waals surface area contributed by atoms with Gasteiger partial charge in [0.2, 0.25) is 5.95 Å². The van der Waals surface area contributed by atoms with Crippen molar-refractivity contribution in [1.29, 1.82) is 0 Å². The number of nitrogens with one attached hydrogen (secondary N) is 2. The van der Waals surface area contributed by atoms with Crippen LogP contribution in [0.3, 0.4) is 0 Å². The average Bonchev–Trinajstić information content (AvgIpc) is 2.48. The normalized spacial score (nSPS) is 10.9. The Labute approximate surface area is 147 Å². The van der Waals surface area contributed by atoms with Gasteiger partial charge >= 0.3 is 0 Å². The first kappa shape index (κ1) is 17.8. The zero-order valence-corrected chi connectivity index (χ0v) is 15.0. The SMILES string of the molecule is Cc1cc(Nc2cccc(Cl)c2Cl)nc(NCCCN(C)C)n1. The number of aromatic nitrogens is 2. The topological polar surface area (TPSA) is 53.1 Å². The van der Waals surface area contributed by atoms with Crippen molar-refractivity contribution in [2.24, 2.45) is 0 Å². The molecule has 7 heteroatoms. The molecule has 1 aromatic carbocycles. The highest BCUT2D eigenvalue weighted by molar-refractivity contribution is 6.43. The minimum Gasteiger partial charge on any atom is -0.354 e. The van der Waals surface area contributed by atoms with Crippen LogP contribution < -0.4 is 10.6 Å². The van der Waals surface area contributed by atoms with Crippen LogP contribution in [0.4, 0.5) is 17.5 Å². The van der Waals surface area contributed by atoms with Crippen molar-refractivity contribution in [2.45, 2.75) is 13.3 Å². The molecular formula is C16H21Cl2N5. The molecule has 2 rings (SSSR count). The lowest BCUT2D eigenvalue weighted by Crippen LogP contribution is -2.17. The van der Waals surface area contributed by atoms with Gasteiger partial charge in [-0.15, -0.1) is 0 Å². The van der Waals surface area contributed by atoms with Crippen molar-refractivity contribution in [3.05, 3.63) is 40.0 Å². The number of aryl methyl sites for hydroxylation is 1. The summed E-state index contributed by atoms with van der Waals surface area (Å²) in [7, 11) is 4.11. The molecule has 0 spiro atoms. The van der Waals surface area contributed by atoms with Gasteiger partial charge in [-0.2, -0.15) is 4.98 Å². The number of nitrogens with zero attached hydrogens (tertiary/aromatic N) is 3. The van der Waals surface area contributed by atoms with E-state index in [0.717, 1.165) is 30.9 Å². The molecule has 0 aliphatic carbocycles. The summed E-state index contributed by atoms with van der Waals surface area (Å²) in [6, 6.07) is 7.31. The van der Waals surface area contributed by atoms with E-state index in [-0.39, 0.29) is 0 Å². The first-order chi connectivity index (χ1) is 11.0. The van der Waals surface area contributed by atoms with E-state index in [9.17, 15) is 0 Å². The van der Waals surface area contributed by atoms with Crippen LogP contribution in [0.15, 0.2) is 24.3 Å². The molecule has 0 unspecified atom stereocenters. The van der Waals surface area contributed by atoms with Gasteiger partial charge in [0.25, 0.3) is 0 Å². The third-order valence-electron chi connectivity index (χ3n) is 3.13. The van der Waals surface area contributed by atoms with Gasteiger partial charge in [0, 0.05) is 18.3 Å². The fraction of sp³-hybridized carbons (Fsp3) is 0.375. The van der Waals surface area contributed by atoms with Gasteiger partial charge in [0.05, 0.1) is 15.7 Å². The standard InChI is InChI=1S/C16H21Cl2N5/c1-11-10-14(21-13-7-4-6-12(17)15(13)18)22-16(20-11)19-8-5-9-23(2)3/h4,6-7,10H,5,8-9H2,1-3H3,(H2,19,20,21,22). The van der Waals surface area contributed by atoms with Crippen LogP contribution in [-0.2, 0) is 0 Å². The summed E-state index contributed by atoms with van der Waals surface area (Å²) in [5.41, 5.74) is 1.59. The van der Waals surface area contributed by atoms with E-state index in [2.05, 4.69) is 39.6 Å². The van der Waals surface area contributed by atoms with Crippen LogP contribution in [0.5, 0.6) is 0 Å². The molecule has 1 heterocycles. The highest BCUT2D eigenvalue weighted by Gasteiger charge is 2.07. The molecule has 0 saturated heterocycles. The number of hydrogen-bond donors (Lipinski definition) is 2. The second-order valence-electron chi connectivity index (χ2n) is 5.53. The Kier molecular flexibility index (Phi) is 6.45. The van der Waals surface area contributed by atoms with E-state index in [0.29, 0.717) is 21.8 Å². The molecule has 1 aromatic heterocycles. The Balaban J connectivity index is 2.06. The Morgan fingerprint density at radius 2 is 1.96 bits per heavy atom. The number of anilines is 3. The van der Waals surface area contributed by atoms with E-state index in [1.807, 2.05) is 25.1 Å². The summed E-state index contributed by atoms with van der Waals surface area (Å²) in [5.74, 6) is 1.28. The minimum absolute atomic E-state index is 0.478. The van der Waals surface area contributed by atoms with Crippen LogP contribution in [0, 0.1) is 6.92 Å². The highest BCUT2D eigenvalue weighted by atomic mass is 35.5. The maximum Gasteiger partial charge on any atom is 0.224 e. The van der Waals surface area contributed by atoms with Crippen molar-refractivity contribution >= 4 is 40.7 Å². The largest absolute Gasteiger partial charge is 0.354 e. The molecule has 0 aliphatic heterocycles. The highest BCUT2D eigenvalue weighted by Crippen LogP contribution is 2.31. The van der Waals surface area contributed by atoms with Crippen molar-refractivity contribution < 1.29 is 0 Å². The quantitative estimate of drug-likeness (QED) is 0.730. The minimum atomic E-state index is 0.478. The van der Waals surface area contributed by atoms with Gasteiger partial charge in [-0.05, 0) is 46.1 Å². The third kappa shape index (κ3) is 5.53. The second kappa shape index (κ2) is 8.34. The van der Waals surface area contributed by atoms with Crippen molar-refractivity contribution in [3.8, 4) is 0 Å². The first-order valence-corrected chi connectivity index (χ1v) is 8.16. The predicted molar refractivity (Wildman–Crippen MR) is 98.2 cm³/mol. The second-order valence-corrected chi connectivity index (χ2v) is 6.31. The average molecular weight is 354 g/mol. The Hall–Kier alpha value is -1.56. The molecule has 0 aliphatic rings. The molecule has 23 heavy (non-hydrogen) atoms. The smallest absolute Gasteiger partial charge is 0.224 e. The van der Waals surface area contributed by atoms with Crippen LogP contribution in [-0.4, -0.2) is 42.1 Å². The van der Waals surface area contributed by atoms with E-state index in [4.69, 9.17) is 23.2 Å². The molecule has 0 saturated carbocycles. The van der Waals surface area contributed by atoms with Crippen molar-refractivity contribution in [2.75, 3.05) is 37.8 Å². The molecule has 0 fully saturated rings. The Morgan fingerprint density at radius 3 is 2.70 bits per heavy atom. The summed E-state index contributed by atoms with van der Waals surface area (Å²) in [4.78, 5) is 11.0. The molecular weight excluding hydrogens is 333 g/mol. The third-order valence-corrected chi connectivity index (χ3v) is 3.95. The lowest BCUT2D eigenvalue weighted by atomic mass is 10.3. The Bertz CT molecular complexity index is 661. The number of halogens is 2. The molecule has 0 amide bonds. The zero-order valence-electron chi connectivity index (χ0n) is 13.5. The van der Waals surface area contributed by atoms with Crippen LogP contribution in [0.25, 0.3) is 0 Å². The molecule has 124 valence electrons. The van der Waals surface area contributed by atoms with Gasteiger partial charge in [0.1, 0.15) is 5.82 Å². The number of rotatable bonds is 7. The van der Waals surface area contributed by atoms with Crippen molar-refractivity contribution in [3.63, 3.8) is 0 Å². The summed E-state index contributed by atoms with van der Waals surface area (Å²) < 4.78 is 0. The van der Waals surface area contributed by atoms with Gasteiger partial charge in [-0.3, -0.25) is 0 Å². The Morgan fingerprint density at radius 1 is 1.17 bits per heavy atom. The van der Waals surface area contributed by atoms with Gasteiger partial charge in [-0.25, -0.2) is 4.98 Å². The molecule has 0 bridgehead atoms. The molecule has 2 aromatic rings. The van der Waals surface area contributed by atoms with E-state index < -0.39 is 0 Å². The zero-order chi connectivity index (χ0) is 16.8. The van der Waals surface area contributed by atoms with Crippen LogP contribution in [0.1, 0.15) is 12.1 Å². The van der Waals surface area contributed by atoms with E-state index in [1.165, 1.54) is 0 Å². The van der Waals surface area contributed by atoms with Gasteiger partial charge < -0.3 is 15.5 Å². The number of benzene rings is 1. The lowest BCUT2D eigenvalue weighted by Gasteiger charge is -2.12. The summed E-state index contributed by atoms with van der Waals surface area (Å²) in [6.45, 7) is 3.76. The van der Waals surface area contributed by atoms with E-state index in [1.54, 1.807) is 6.07 Å². The maximum absolute atomic E-state index is 6.20. The number of hydrogen-bond acceptors (Lipinski definition) is 5. The van der Waals surface area contributed by atoms with Crippen LogP contribution in [0.2, 0.25) is 10.0 Å². The molecule has 2 N–H and O–H groups in total. The maximum atomic E-state index is 6.20. The molecule has 5 nitrogen and oxygen atoms in total. The fourth-order valence-electron chi connectivity index (χ4n) is 2.05. The van der Waals surface area contributed by atoms with E-state index >= 15 is 0 Å². The summed E-state index contributed by atoms with van der Waals surface area (Å²) >= 11 is 12.2. The summed E-state index contributed by atoms with van der Waals surface area (Å²) in [6.07, 6.45) is 1.02. The summed E-state index contributed by atoms with van der Waals surface area (Å²) in [5, 5.41) is 7.41. The molecule has 0 atom stereocenters. The van der Waals surface area contributed by atoms with Crippen LogP contribution >= 0.6 is 23.2 Å². The first-order valence-electron chi connectivity index (χ1n) is 7.41. The van der Waals surface area contributed by atoms with Gasteiger partial charge in [0.15, 0.2) is 0 Å². The van der Waals surface area contributed by atoms with Gasteiger partial charge in [-0.1, -0.05) is 29.3 Å². The van der Waals surface area contributed by atoms with Crippen molar-refractivity contribution in [1.82, 2.24) is 14.9 Å². The molecule has 0 radical (unpaired) electrons.